The Hall–Kier alpha value is -4.10. The summed E-state index contributed by atoms with van der Waals surface area (Å²) in [4.78, 5) is 34.7. The van der Waals surface area contributed by atoms with Gasteiger partial charge in [-0.15, -0.1) is 11.3 Å². The van der Waals surface area contributed by atoms with E-state index in [1.807, 2.05) is 47.8 Å². The Kier molecular flexibility index (Phi) is 5.31. The Morgan fingerprint density at radius 1 is 0.875 bits per heavy atom. The van der Waals surface area contributed by atoms with Gasteiger partial charge in [-0.05, 0) is 28.8 Å². The van der Waals surface area contributed by atoms with Crippen LogP contribution in [0.15, 0.2) is 95.5 Å². The van der Waals surface area contributed by atoms with E-state index in [2.05, 4.69) is 27.4 Å². The van der Waals surface area contributed by atoms with Crippen molar-refractivity contribution in [1.29, 1.82) is 0 Å². The number of nitrogens with one attached hydrogen (secondary N) is 1. The number of aromatic nitrogens is 3. The van der Waals surface area contributed by atoms with Crippen molar-refractivity contribution in [2.45, 2.75) is 6.54 Å². The molecule has 0 atom stereocenters. The van der Waals surface area contributed by atoms with Gasteiger partial charge in [-0.1, -0.05) is 60.7 Å². The average molecular weight is 439 g/mol. The Morgan fingerprint density at radius 3 is 2.34 bits per heavy atom. The van der Waals surface area contributed by atoms with Gasteiger partial charge in [-0.25, -0.2) is 9.97 Å². The largest absolute Gasteiger partial charge is 0.309 e. The zero-order valence-electron chi connectivity index (χ0n) is 16.9. The number of thiophene rings is 1. The number of carbonyl (C=O) groups excluding carboxylic acids is 1. The van der Waals surface area contributed by atoms with E-state index >= 15 is 0 Å². The molecule has 1 amide bonds. The Labute approximate surface area is 187 Å². The van der Waals surface area contributed by atoms with Gasteiger partial charge >= 0.3 is 0 Å². The second-order valence-corrected chi connectivity index (χ2v) is 8.07. The van der Waals surface area contributed by atoms with Crippen molar-refractivity contribution < 1.29 is 4.79 Å². The van der Waals surface area contributed by atoms with Crippen LogP contribution in [0.3, 0.4) is 0 Å². The van der Waals surface area contributed by atoms with Crippen LogP contribution in [0.2, 0.25) is 0 Å². The first-order valence-electron chi connectivity index (χ1n) is 10.0. The van der Waals surface area contributed by atoms with Gasteiger partial charge in [0.2, 0.25) is 5.91 Å². The lowest BCUT2D eigenvalue weighted by molar-refractivity contribution is -0.116. The first-order valence-corrected chi connectivity index (χ1v) is 10.9. The minimum Gasteiger partial charge on any atom is -0.309 e. The van der Waals surface area contributed by atoms with E-state index in [0.29, 0.717) is 16.0 Å². The van der Waals surface area contributed by atoms with Crippen molar-refractivity contribution in [3.8, 4) is 22.3 Å². The van der Waals surface area contributed by atoms with Gasteiger partial charge in [-0.3, -0.25) is 14.2 Å². The Bertz CT molecular complexity index is 1440. The van der Waals surface area contributed by atoms with Crippen LogP contribution in [0.1, 0.15) is 0 Å². The molecular formula is C25H18N4O2S. The maximum Gasteiger partial charge on any atom is 0.263 e. The van der Waals surface area contributed by atoms with Crippen LogP contribution in [0, 0.1) is 0 Å². The standard InChI is InChI=1S/C25H18N4O2S/c30-22(28-21-8-4-5-13-26-21)14-29-16-27-24-23(25(29)31)20(15-32-24)19-11-9-18(10-12-19)17-6-2-1-3-7-17/h1-13,15-16H,14H2,(H,26,28,30). The number of hydrogen-bond donors (Lipinski definition) is 1. The van der Waals surface area contributed by atoms with E-state index in [1.54, 1.807) is 24.4 Å². The molecule has 3 heterocycles. The molecule has 32 heavy (non-hydrogen) atoms. The highest BCUT2D eigenvalue weighted by Gasteiger charge is 2.15. The topological polar surface area (TPSA) is 76.9 Å². The van der Waals surface area contributed by atoms with Crippen LogP contribution in [0.25, 0.3) is 32.5 Å². The quantitative estimate of drug-likeness (QED) is 0.427. The molecule has 0 fully saturated rings. The normalized spacial score (nSPS) is 10.9. The molecule has 0 aliphatic heterocycles. The van der Waals surface area contributed by atoms with Gasteiger partial charge in [0.15, 0.2) is 0 Å². The van der Waals surface area contributed by atoms with Crippen molar-refractivity contribution in [3.05, 3.63) is 101 Å². The molecule has 2 aromatic carbocycles. The summed E-state index contributed by atoms with van der Waals surface area (Å²) >= 11 is 1.42. The second-order valence-electron chi connectivity index (χ2n) is 7.21. The van der Waals surface area contributed by atoms with Crippen molar-refractivity contribution in [2.24, 2.45) is 0 Å². The summed E-state index contributed by atoms with van der Waals surface area (Å²) in [6.45, 7) is -0.138. The van der Waals surface area contributed by atoms with Gasteiger partial charge in [0, 0.05) is 17.1 Å². The number of anilines is 1. The molecule has 3 aromatic heterocycles. The summed E-state index contributed by atoms with van der Waals surface area (Å²) in [6, 6.07) is 23.5. The minimum atomic E-state index is -0.337. The summed E-state index contributed by atoms with van der Waals surface area (Å²) in [5.74, 6) is 0.102. The molecule has 5 aromatic rings. The molecule has 156 valence electrons. The highest BCUT2D eigenvalue weighted by atomic mass is 32.1. The predicted octanol–water partition coefficient (Wildman–Crippen LogP) is 4.83. The molecule has 6 nitrogen and oxygen atoms in total. The van der Waals surface area contributed by atoms with Crippen LogP contribution in [0.5, 0.6) is 0 Å². The molecule has 5 rings (SSSR count). The lowest BCUT2D eigenvalue weighted by Gasteiger charge is -2.07. The molecule has 0 aliphatic carbocycles. The summed E-state index contributed by atoms with van der Waals surface area (Å²) < 4.78 is 1.33. The van der Waals surface area contributed by atoms with Gasteiger partial charge in [0.1, 0.15) is 17.2 Å². The van der Waals surface area contributed by atoms with E-state index in [-0.39, 0.29) is 18.0 Å². The number of benzene rings is 2. The van der Waals surface area contributed by atoms with Crippen LogP contribution in [-0.4, -0.2) is 20.4 Å². The summed E-state index contributed by atoms with van der Waals surface area (Å²) in [7, 11) is 0. The fourth-order valence-corrected chi connectivity index (χ4v) is 4.45. The van der Waals surface area contributed by atoms with Crippen LogP contribution in [-0.2, 0) is 11.3 Å². The van der Waals surface area contributed by atoms with E-state index in [0.717, 1.165) is 22.3 Å². The lowest BCUT2D eigenvalue weighted by Crippen LogP contribution is -2.28. The maximum atomic E-state index is 13.2. The number of nitrogens with zero attached hydrogens (tertiary/aromatic N) is 3. The highest BCUT2D eigenvalue weighted by Crippen LogP contribution is 2.32. The molecule has 0 bridgehead atoms. The van der Waals surface area contributed by atoms with Crippen LogP contribution in [0.4, 0.5) is 5.82 Å². The maximum absolute atomic E-state index is 13.2. The van der Waals surface area contributed by atoms with Gasteiger partial charge in [0.05, 0.1) is 11.7 Å². The number of fused-ring (bicyclic) bond motifs is 1. The van der Waals surface area contributed by atoms with Crippen molar-refractivity contribution >= 4 is 33.3 Å². The third-order valence-electron chi connectivity index (χ3n) is 5.11. The summed E-state index contributed by atoms with van der Waals surface area (Å²) in [5.41, 5.74) is 3.76. The lowest BCUT2D eigenvalue weighted by atomic mass is 10.0. The van der Waals surface area contributed by atoms with Crippen LogP contribution >= 0.6 is 11.3 Å². The zero-order chi connectivity index (χ0) is 21.9. The second kappa shape index (κ2) is 8.56. The summed E-state index contributed by atoms with van der Waals surface area (Å²) in [5, 5.41) is 5.16. The molecule has 0 aliphatic rings. The first kappa shape index (κ1) is 19.8. The number of amides is 1. The van der Waals surface area contributed by atoms with E-state index in [1.165, 1.54) is 22.2 Å². The first-order chi connectivity index (χ1) is 15.7. The zero-order valence-corrected chi connectivity index (χ0v) is 17.8. The molecular weight excluding hydrogens is 420 g/mol. The molecule has 0 unspecified atom stereocenters. The molecule has 7 heteroatoms. The molecule has 1 N–H and O–H groups in total. The third-order valence-corrected chi connectivity index (χ3v) is 6.00. The minimum absolute atomic E-state index is 0.138. The Morgan fingerprint density at radius 2 is 1.59 bits per heavy atom. The monoisotopic (exact) mass is 438 g/mol. The summed E-state index contributed by atoms with van der Waals surface area (Å²) in [6.07, 6.45) is 3.01. The van der Waals surface area contributed by atoms with Gasteiger partial charge in [-0.2, -0.15) is 0 Å². The van der Waals surface area contributed by atoms with E-state index < -0.39 is 0 Å². The van der Waals surface area contributed by atoms with Crippen molar-refractivity contribution in [3.63, 3.8) is 0 Å². The van der Waals surface area contributed by atoms with Gasteiger partial charge < -0.3 is 5.32 Å². The molecule has 0 radical (unpaired) electrons. The SMILES string of the molecule is O=C(Cn1cnc2scc(-c3ccc(-c4ccccc4)cc3)c2c1=O)Nc1ccccn1. The highest BCUT2D eigenvalue weighted by molar-refractivity contribution is 7.17. The number of pyridine rings is 1. The predicted molar refractivity (Wildman–Crippen MR) is 128 cm³/mol. The van der Waals surface area contributed by atoms with Crippen molar-refractivity contribution in [2.75, 3.05) is 5.32 Å². The van der Waals surface area contributed by atoms with Crippen molar-refractivity contribution in [1.82, 2.24) is 14.5 Å². The fraction of sp³-hybridized carbons (Fsp3) is 0.0400. The average Bonchev–Trinajstić information content (AvgIpc) is 3.27. The molecule has 0 spiro atoms. The smallest absolute Gasteiger partial charge is 0.263 e. The molecule has 0 saturated carbocycles. The van der Waals surface area contributed by atoms with E-state index in [4.69, 9.17) is 0 Å². The number of hydrogen-bond acceptors (Lipinski definition) is 5. The number of carbonyl (C=O) groups is 1. The molecule has 0 saturated heterocycles. The van der Waals surface area contributed by atoms with E-state index in [9.17, 15) is 9.59 Å². The van der Waals surface area contributed by atoms with Gasteiger partial charge in [0.25, 0.3) is 5.56 Å². The number of rotatable bonds is 5. The third kappa shape index (κ3) is 3.93. The van der Waals surface area contributed by atoms with Crippen LogP contribution < -0.4 is 10.9 Å². The Balaban J connectivity index is 1.45. The fourth-order valence-electron chi connectivity index (χ4n) is 3.54.